The number of rotatable bonds is 1. The zero-order chi connectivity index (χ0) is 18.1. The molecular weight excluding hydrogens is 352 g/mol. The van der Waals surface area contributed by atoms with Crippen LogP contribution >= 0.6 is 11.6 Å². The van der Waals surface area contributed by atoms with Crippen molar-refractivity contribution in [2.24, 2.45) is 4.99 Å². The third-order valence-corrected chi connectivity index (χ3v) is 4.88. The Labute approximate surface area is 155 Å². The van der Waals surface area contributed by atoms with E-state index in [4.69, 9.17) is 16.6 Å². The van der Waals surface area contributed by atoms with Gasteiger partial charge in [-0.1, -0.05) is 39.0 Å². The summed E-state index contributed by atoms with van der Waals surface area (Å²) >= 11 is 6.36. The van der Waals surface area contributed by atoms with E-state index < -0.39 is 0 Å². The Morgan fingerprint density at radius 2 is 1.96 bits per heavy atom. The minimum atomic E-state index is -0.200. The van der Waals surface area contributed by atoms with Crippen LogP contribution in [0.2, 0.25) is 5.28 Å². The van der Waals surface area contributed by atoms with Crippen molar-refractivity contribution in [3.05, 3.63) is 53.2 Å². The van der Waals surface area contributed by atoms with Gasteiger partial charge in [-0.3, -0.25) is 4.57 Å². The summed E-state index contributed by atoms with van der Waals surface area (Å²) in [6.07, 6.45) is 5.21. The van der Waals surface area contributed by atoms with Crippen LogP contribution in [0.4, 0.5) is 5.82 Å². The van der Waals surface area contributed by atoms with E-state index in [2.05, 4.69) is 42.1 Å². The summed E-state index contributed by atoms with van der Waals surface area (Å²) in [4.78, 5) is 10.7. The highest BCUT2D eigenvalue weighted by molar-refractivity contribution is 6.29. The highest BCUT2D eigenvalue weighted by Gasteiger charge is 2.40. The van der Waals surface area contributed by atoms with Crippen molar-refractivity contribution in [2.75, 3.05) is 10.1 Å². The second-order valence-electron chi connectivity index (χ2n) is 7.36. The summed E-state index contributed by atoms with van der Waals surface area (Å²) in [5.74, 6) is 0.823. The van der Waals surface area contributed by atoms with E-state index in [1.54, 1.807) is 17.3 Å². The molecule has 5 rings (SSSR count). The maximum absolute atomic E-state index is 6.36. The predicted octanol–water partition coefficient (Wildman–Crippen LogP) is 2.83. The first-order chi connectivity index (χ1) is 12.4. The Hall–Kier alpha value is -2.87. The van der Waals surface area contributed by atoms with Crippen molar-refractivity contribution >= 4 is 23.8 Å². The standard InChI is InChI=1S/C17H17ClN8/c1-17(2,3)13-9-23(22-21-13)24-10-20-15-11-6-4-5-7-12(11)25-14(26(15)24)8-19-16(25)18/h4-10,15H,1-3H3. The summed E-state index contributed by atoms with van der Waals surface area (Å²) in [5, 5.41) is 12.8. The second-order valence-corrected chi connectivity index (χ2v) is 7.70. The van der Waals surface area contributed by atoms with Crippen LogP contribution in [0.5, 0.6) is 0 Å². The molecular formula is C17H17ClN8. The third kappa shape index (κ3) is 2.02. The van der Waals surface area contributed by atoms with Crippen LogP contribution in [-0.2, 0) is 5.41 Å². The number of hydrogen-bond donors (Lipinski definition) is 0. The van der Waals surface area contributed by atoms with Gasteiger partial charge in [0.1, 0.15) is 6.34 Å². The molecule has 1 aromatic carbocycles. The van der Waals surface area contributed by atoms with Crippen LogP contribution in [0.15, 0.2) is 41.7 Å². The molecule has 2 aliphatic heterocycles. The minimum absolute atomic E-state index is 0.0892. The van der Waals surface area contributed by atoms with Gasteiger partial charge in [-0.25, -0.2) is 15.0 Å². The van der Waals surface area contributed by atoms with Gasteiger partial charge in [-0.2, -0.15) is 5.12 Å². The van der Waals surface area contributed by atoms with Crippen molar-refractivity contribution < 1.29 is 0 Å². The van der Waals surface area contributed by atoms with Crippen molar-refractivity contribution in [1.29, 1.82) is 0 Å². The monoisotopic (exact) mass is 368 g/mol. The number of imidazole rings is 1. The fourth-order valence-corrected chi connectivity index (χ4v) is 3.49. The van der Waals surface area contributed by atoms with Crippen LogP contribution in [0.25, 0.3) is 5.69 Å². The van der Waals surface area contributed by atoms with Gasteiger partial charge in [-0.15, -0.1) is 9.89 Å². The molecule has 2 aliphatic rings. The second kappa shape index (κ2) is 5.07. The van der Waals surface area contributed by atoms with Gasteiger partial charge < -0.3 is 0 Å². The maximum atomic E-state index is 6.36. The molecule has 9 heteroatoms. The highest BCUT2D eigenvalue weighted by Crippen LogP contribution is 2.42. The molecule has 0 aliphatic carbocycles. The van der Waals surface area contributed by atoms with E-state index in [1.807, 2.05) is 39.1 Å². The first-order valence-corrected chi connectivity index (χ1v) is 8.70. The largest absolute Gasteiger partial charge is 0.268 e. The molecule has 132 valence electrons. The van der Waals surface area contributed by atoms with Crippen molar-refractivity contribution in [3.63, 3.8) is 0 Å². The Morgan fingerprint density at radius 3 is 2.73 bits per heavy atom. The first-order valence-electron chi connectivity index (χ1n) is 8.32. The lowest BCUT2D eigenvalue weighted by Gasteiger charge is -2.36. The number of para-hydroxylation sites is 1. The van der Waals surface area contributed by atoms with E-state index in [0.29, 0.717) is 5.28 Å². The molecule has 26 heavy (non-hydrogen) atoms. The zero-order valence-corrected chi connectivity index (χ0v) is 15.3. The molecule has 1 atom stereocenters. The number of anilines is 1. The van der Waals surface area contributed by atoms with Crippen molar-refractivity contribution in [3.8, 4) is 5.69 Å². The summed E-state index contributed by atoms with van der Waals surface area (Å²) in [5.41, 5.74) is 2.85. The average Bonchev–Trinajstić information content (AvgIpc) is 3.31. The third-order valence-electron chi connectivity index (χ3n) is 4.61. The SMILES string of the molecule is CC(C)(C)c1cn(N2C=NC3c4ccccc4-n4c(cnc4Cl)N32)nn1. The molecule has 0 amide bonds. The zero-order valence-electron chi connectivity index (χ0n) is 14.6. The molecule has 0 saturated carbocycles. The van der Waals surface area contributed by atoms with Gasteiger partial charge in [-0.05, 0) is 22.9 Å². The summed E-state index contributed by atoms with van der Waals surface area (Å²) < 4.78 is 1.91. The Bertz CT molecular complexity index is 1030. The van der Waals surface area contributed by atoms with Gasteiger partial charge in [0.05, 0.1) is 23.8 Å². The molecule has 8 nitrogen and oxygen atoms in total. The van der Waals surface area contributed by atoms with Gasteiger partial charge >= 0.3 is 0 Å². The van der Waals surface area contributed by atoms with E-state index >= 15 is 0 Å². The first kappa shape index (κ1) is 15.4. The molecule has 3 aromatic rings. The van der Waals surface area contributed by atoms with Crippen LogP contribution in [0.3, 0.4) is 0 Å². The average molecular weight is 369 g/mol. The molecule has 0 bridgehead atoms. The summed E-state index contributed by atoms with van der Waals surface area (Å²) in [7, 11) is 0. The lowest BCUT2D eigenvalue weighted by Crippen LogP contribution is -2.49. The van der Waals surface area contributed by atoms with Crippen LogP contribution in [0, 0.1) is 0 Å². The minimum Gasteiger partial charge on any atom is -0.268 e. The Balaban J connectivity index is 1.64. The predicted molar refractivity (Wildman–Crippen MR) is 99.2 cm³/mol. The van der Waals surface area contributed by atoms with E-state index in [1.165, 1.54) is 0 Å². The number of aliphatic imine (C=N–C) groups is 1. The van der Waals surface area contributed by atoms with Crippen molar-refractivity contribution in [1.82, 2.24) is 24.7 Å². The quantitative estimate of drug-likeness (QED) is 0.660. The van der Waals surface area contributed by atoms with Crippen LogP contribution in [-0.4, -0.2) is 31.0 Å². The van der Waals surface area contributed by atoms with Crippen LogP contribution in [0.1, 0.15) is 38.2 Å². The van der Waals surface area contributed by atoms with E-state index in [9.17, 15) is 0 Å². The Morgan fingerprint density at radius 1 is 1.15 bits per heavy atom. The molecule has 0 N–H and O–H groups in total. The number of benzene rings is 1. The topological polar surface area (TPSA) is 67.4 Å². The smallest absolute Gasteiger partial charge is 0.209 e. The molecule has 0 saturated heterocycles. The maximum Gasteiger partial charge on any atom is 0.209 e. The van der Waals surface area contributed by atoms with Crippen LogP contribution < -0.4 is 10.1 Å². The number of fused-ring (bicyclic) bond motifs is 6. The molecule has 2 aromatic heterocycles. The molecule has 1 unspecified atom stereocenters. The molecule has 0 fully saturated rings. The van der Waals surface area contributed by atoms with Gasteiger partial charge in [0.2, 0.25) is 5.28 Å². The van der Waals surface area contributed by atoms with E-state index in [-0.39, 0.29) is 11.6 Å². The lowest BCUT2D eigenvalue weighted by atomic mass is 9.93. The Kier molecular flexibility index (Phi) is 3.00. The van der Waals surface area contributed by atoms with E-state index in [0.717, 1.165) is 22.8 Å². The highest BCUT2D eigenvalue weighted by atomic mass is 35.5. The van der Waals surface area contributed by atoms with Gasteiger partial charge in [0.15, 0.2) is 12.0 Å². The molecule has 0 spiro atoms. The number of nitrogens with zero attached hydrogens (tertiary/aromatic N) is 8. The normalized spacial score (nSPS) is 18.1. The fraction of sp³-hybridized carbons (Fsp3) is 0.294. The summed E-state index contributed by atoms with van der Waals surface area (Å²) in [6, 6.07) is 8.06. The number of hydrazine groups is 1. The number of halogens is 1. The van der Waals surface area contributed by atoms with Gasteiger partial charge in [0.25, 0.3) is 0 Å². The number of hydrogen-bond acceptors (Lipinski definition) is 6. The summed E-state index contributed by atoms with van der Waals surface area (Å²) in [6.45, 7) is 6.32. The molecule has 4 heterocycles. The fourth-order valence-electron chi connectivity index (χ4n) is 3.26. The lowest BCUT2D eigenvalue weighted by molar-refractivity contribution is 0.540. The molecule has 0 radical (unpaired) electrons. The van der Waals surface area contributed by atoms with Crippen molar-refractivity contribution in [2.45, 2.75) is 32.4 Å². The van der Waals surface area contributed by atoms with Gasteiger partial charge in [0, 0.05) is 11.0 Å². The number of aromatic nitrogens is 5.